The van der Waals surface area contributed by atoms with Gasteiger partial charge in [0, 0.05) is 29.7 Å². The molecule has 0 aliphatic carbocycles. The zero-order chi connectivity index (χ0) is 15.2. The van der Waals surface area contributed by atoms with E-state index >= 15 is 0 Å². The molecule has 1 amide bonds. The number of ether oxygens (including phenoxy) is 1. The number of carbonyl (C=O) groups excluding carboxylic acids is 1. The number of rotatable bonds is 5. The van der Waals surface area contributed by atoms with Crippen LogP contribution in [0.2, 0.25) is 10.0 Å². The molecule has 0 unspecified atom stereocenters. The summed E-state index contributed by atoms with van der Waals surface area (Å²) in [6.07, 6.45) is -0.417. The molecule has 1 rings (SSSR count). The van der Waals surface area contributed by atoms with Crippen molar-refractivity contribution < 1.29 is 9.53 Å². The molecule has 0 bridgehead atoms. The second-order valence-corrected chi connectivity index (χ2v) is 6.18. The lowest BCUT2D eigenvalue weighted by molar-refractivity contribution is 0.0528. The third kappa shape index (κ3) is 6.98. The average molecular weight is 319 g/mol. The predicted octanol–water partition coefficient (Wildman–Crippen LogP) is 3.61. The van der Waals surface area contributed by atoms with Crippen LogP contribution in [0.25, 0.3) is 0 Å². The standard InChI is InChI=1S/C14H20Cl2N2O2/c1-14(2,3)20-13(19)18-7-6-17-9-10-8-11(15)4-5-12(10)16/h4-5,8,17H,6-7,9H2,1-3H3,(H,18,19). The monoisotopic (exact) mass is 318 g/mol. The Bertz CT molecular complexity index is 459. The summed E-state index contributed by atoms with van der Waals surface area (Å²) in [6, 6.07) is 5.33. The molecule has 0 saturated carbocycles. The lowest BCUT2D eigenvalue weighted by Gasteiger charge is -2.19. The van der Waals surface area contributed by atoms with Gasteiger partial charge in [-0.2, -0.15) is 0 Å². The zero-order valence-electron chi connectivity index (χ0n) is 11.9. The van der Waals surface area contributed by atoms with Crippen molar-refractivity contribution in [1.29, 1.82) is 0 Å². The van der Waals surface area contributed by atoms with E-state index in [4.69, 9.17) is 27.9 Å². The SMILES string of the molecule is CC(C)(C)OC(=O)NCCNCc1cc(Cl)ccc1Cl. The topological polar surface area (TPSA) is 50.4 Å². The van der Waals surface area contributed by atoms with Gasteiger partial charge in [0.05, 0.1) is 0 Å². The third-order valence-corrected chi connectivity index (χ3v) is 2.90. The summed E-state index contributed by atoms with van der Waals surface area (Å²) in [5.41, 5.74) is 0.447. The summed E-state index contributed by atoms with van der Waals surface area (Å²) in [7, 11) is 0. The summed E-state index contributed by atoms with van der Waals surface area (Å²) in [5, 5.41) is 7.16. The summed E-state index contributed by atoms with van der Waals surface area (Å²) in [6.45, 7) is 7.16. The molecule has 0 fully saturated rings. The van der Waals surface area contributed by atoms with Crippen molar-refractivity contribution in [3.05, 3.63) is 33.8 Å². The van der Waals surface area contributed by atoms with Crippen LogP contribution in [0.3, 0.4) is 0 Å². The summed E-state index contributed by atoms with van der Waals surface area (Å²) < 4.78 is 5.12. The zero-order valence-corrected chi connectivity index (χ0v) is 13.4. The summed E-state index contributed by atoms with van der Waals surface area (Å²) >= 11 is 11.9. The Morgan fingerprint density at radius 3 is 2.60 bits per heavy atom. The Labute approximate surface area is 129 Å². The van der Waals surface area contributed by atoms with E-state index in [0.717, 1.165) is 5.56 Å². The highest BCUT2D eigenvalue weighted by Crippen LogP contribution is 2.20. The van der Waals surface area contributed by atoms with Crippen molar-refractivity contribution in [3.63, 3.8) is 0 Å². The minimum Gasteiger partial charge on any atom is -0.444 e. The summed E-state index contributed by atoms with van der Waals surface area (Å²) in [4.78, 5) is 11.4. The molecule has 4 nitrogen and oxygen atoms in total. The first-order valence-electron chi connectivity index (χ1n) is 6.39. The lowest BCUT2D eigenvalue weighted by atomic mass is 10.2. The average Bonchev–Trinajstić information content (AvgIpc) is 2.30. The van der Waals surface area contributed by atoms with E-state index in [1.165, 1.54) is 0 Å². The molecule has 6 heteroatoms. The van der Waals surface area contributed by atoms with E-state index < -0.39 is 11.7 Å². The fraction of sp³-hybridized carbons (Fsp3) is 0.500. The van der Waals surface area contributed by atoms with Crippen molar-refractivity contribution >= 4 is 29.3 Å². The molecule has 0 atom stereocenters. The van der Waals surface area contributed by atoms with Gasteiger partial charge in [-0.1, -0.05) is 23.2 Å². The summed E-state index contributed by atoms with van der Waals surface area (Å²) in [5.74, 6) is 0. The van der Waals surface area contributed by atoms with E-state index in [-0.39, 0.29) is 0 Å². The third-order valence-electron chi connectivity index (χ3n) is 2.29. The van der Waals surface area contributed by atoms with Gasteiger partial charge in [-0.05, 0) is 44.5 Å². The van der Waals surface area contributed by atoms with Gasteiger partial charge in [-0.15, -0.1) is 0 Å². The van der Waals surface area contributed by atoms with Crippen molar-refractivity contribution in [2.45, 2.75) is 32.9 Å². The Balaban J connectivity index is 2.22. The number of hydrogen-bond acceptors (Lipinski definition) is 3. The van der Waals surface area contributed by atoms with Gasteiger partial charge in [-0.3, -0.25) is 0 Å². The van der Waals surface area contributed by atoms with Crippen LogP contribution in [0.15, 0.2) is 18.2 Å². The van der Waals surface area contributed by atoms with Gasteiger partial charge < -0.3 is 15.4 Å². The van der Waals surface area contributed by atoms with Crippen LogP contribution in [0, 0.1) is 0 Å². The van der Waals surface area contributed by atoms with Crippen LogP contribution >= 0.6 is 23.2 Å². The quantitative estimate of drug-likeness (QED) is 0.815. The van der Waals surface area contributed by atoms with Crippen LogP contribution in [0.4, 0.5) is 4.79 Å². The Hall–Kier alpha value is -0.970. The molecular formula is C14H20Cl2N2O2. The van der Waals surface area contributed by atoms with E-state index in [9.17, 15) is 4.79 Å². The molecular weight excluding hydrogens is 299 g/mol. The molecule has 0 spiro atoms. The van der Waals surface area contributed by atoms with E-state index in [1.54, 1.807) is 12.1 Å². The van der Waals surface area contributed by atoms with Gasteiger partial charge in [0.2, 0.25) is 0 Å². The van der Waals surface area contributed by atoms with Crippen molar-refractivity contribution in [1.82, 2.24) is 10.6 Å². The smallest absolute Gasteiger partial charge is 0.407 e. The van der Waals surface area contributed by atoms with Crippen LogP contribution in [0.1, 0.15) is 26.3 Å². The van der Waals surface area contributed by atoms with Gasteiger partial charge in [0.15, 0.2) is 0 Å². The Morgan fingerprint density at radius 2 is 1.95 bits per heavy atom. The van der Waals surface area contributed by atoms with Crippen molar-refractivity contribution in [2.24, 2.45) is 0 Å². The number of carbonyl (C=O) groups is 1. The van der Waals surface area contributed by atoms with Gasteiger partial charge >= 0.3 is 6.09 Å². The van der Waals surface area contributed by atoms with Crippen LogP contribution in [-0.4, -0.2) is 24.8 Å². The Morgan fingerprint density at radius 1 is 1.25 bits per heavy atom. The second-order valence-electron chi connectivity index (χ2n) is 5.34. The van der Waals surface area contributed by atoms with E-state index in [2.05, 4.69) is 10.6 Å². The predicted molar refractivity (Wildman–Crippen MR) is 82.4 cm³/mol. The first-order valence-corrected chi connectivity index (χ1v) is 7.15. The van der Waals surface area contributed by atoms with Crippen molar-refractivity contribution in [2.75, 3.05) is 13.1 Å². The maximum atomic E-state index is 11.4. The molecule has 0 radical (unpaired) electrons. The number of benzene rings is 1. The molecule has 0 aliphatic rings. The maximum Gasteiger partial charge on any atom is 0.407 e. The van der Waals surface area contributed by atoms with Gasteiger partial charge in [0.1, 0.15) is 5.60 Å². The highest BCUT2D eigenvalue weighted by Gasteiger charge is 2.15. The molecule has 0 heterocycles. The molecule has 0 aromatic heterocycles. The second kappa shape index (κ2) is 7.72. The molecule has 20 heavy (non-hydrogen) atoms. The molecule has 0 aliphatic heterocycles. The normalized spacial score (nSPS) is 11.2. The molecule has 112 valence electrons. The minimum absolute atomic E-state index is 0.417. The number of amides is 1. The maximum absolute atomic E-state index is 11.4. The fourth-order valence-electron chi connectivity index (χ4n) is 1.47. The first-order chi connectivity index (χ1) is 9.28. The van der Waals surface area contributed by atoms with Crippen LogP contribution < -0.4 is 10.6 Å². The van der Waals surface area contributed by atoms with Gasteiger partial charge in [0.25, 0.3) is 0 Å². The van der Waals surface area contributed by atoms with Gasteiger partial charge in [-0.25, -0.2) is 4.79 Å². The van der Waals surface area contributed by atoms with Crippen LogP contribution in [-0.2, 0) is 11.3 Å². The lowest BCUT2D eigenvalue weighted by Crippen LogP contribution is -2.36. The largest absolute Gasteiger partial charge is 0.444 e. The minimum atomic E-state index is -0.480. The number of halogens is 2. The first kappa shape index (κ1) is 17.1. The highest BCUT2D eigenvalue weighted by atomic mass is 35.5. The number of hydrogen-bond donors (Lipinski definition) is 2. The highest BCUT2D eigenvalue weighted by molar-refractivity contribution is 6.33. The van der Waals surface area contributed by atoms with E-state index in [0.29, 0.717) is 29.7 Å². The van der Waals surface area contributed by atoms with Crippen molar-refractivity contribution in [3.8, 4) is 0 Å². The van der Waals surface area contributed by atoms with E-state index in [1.807, 2.05) is 26.8 Å². The molecule has 1 aromatic carbocycles. The molecule has 2 N–H and O–H groups in total. The van der Waals surface area contributed by atoms with Crippen LogP contribution in [0.5, 0.6) is 0 Å². The number of alkyl carbamates (subject to hydrolysis) is 1. The fourth-order valence-corrected chi connectivity index (χ4v) is 1.85. The molecule has 1 aromatic rings. The number of nitrogens with one attached hydrogen (secondary N) is 2. The molecule has 0 saturated heterocycles. The Kier molecular flexibility index (Phi) is 6.59.